The lowest BCUT2D eigenvalue weighted by Gasteiger charge is -2.29. The van der Waals surface area contributed by atoms with Gasteiger partial charge in [0, 0.05) is 28.2 Å². The summed E-state index contributed by atoms with van der Waals surface area (Å²) in [6, 6.07) is 32.6. The normalized spacial score (nSPS) is 10.5. The van der Waals surface area contributed by atoms with E-state index in [1.807, 2.05) is 67.6 Å². The molecule has 0 aliphatic heterocycles. The Kier molecular flexibility index (Phi) is 4.98. The molecule has 138 valence electrons. The summed E-state index contributed by atoms with van der Waals surface area (Å²) in [5.74, 6) is 0. The number of nitrogen functional groups attached to an aromatic ring is 1. The third kappa shape index (κ3) is 3.84. The third-order valence-electron chi connectivity index (χ3n) is 4.66. The molecule has 0 spiro atoms. The molecular weight excluding hydrogens is 342 g/mol. The van der Waals surface area contributed by atoms with Crippen LogP contribution in [0.15, 0.2) is 97.1 Å². The van der Waals surface area contributed by atoms with Crippen LogP contribution in [0.2, 0.25) is 0 Å². The minimum atomic E-state index is 0.829. The fourth-order valence-electron chi connectivity index (χ4n) is 3.05. The predicted octanol–water partition coefficient (Wildman–Crippen LogP) is 6.73. The zero-order valence-electron chi connectivity index (χ0n) is 15.8. The number of rotatable bonds is 4. The van der Waals surface area contributed by atoms with Gasteiger partial charge >= 0.3 is 0 Å². The highest BCUT2D eigenvalue weighted by molar-refractivity contribution is 6.10. The first-order valence-electron chi connectivity index (χ1n) is 9.34. The first-order chi connectivity index (χ1) is 13.7. The molecule has 3 aromatic carbocycles. The lowest BCUT2D eigenvalue weighted by Crippen LogP contribution is -2.08. The van der Waals surface area contributed by atoms with Gasteiger partial charge in [0.25, 0.3) is 0 Å². The van der Waals surface area contributed by atoms with Gasteiger partial charge in [-0.2, -0.15) is 0 Å². The van der Waals surface area contributed by atoms with Crippen LogP contribution >= 0.6 is 0 Å². The first-order valence-corrected chi connectivity index (χ1v) is 9.34. The molecule has 2 aliphatic rings. The van der Waals surface area contributed by atoms with Gasteiger partial charge in [-0.3, -0.25) is 0 Å². The number of aryl methyl sites for hydroxylation is 1. The molecule has 0 radical (unpaired) electrons. The summed E-state index contributed by atoms with van der Waals surface area (Å²) < 4.78 is 0. The maximum absolute atomic E-state index is 5.43. The molecule has 0 bridgehead atoms. The van der Waals surface area contributed by atoms with Crippen LogP contribution in [0.4, 0.5) is 28.4 Å². The Bertz CT molecular complexity index is 969. The molecule has 3 nitrogen and oxygen atoms in total. The van der Waals surface area contributed by atoms with Crippen molar-refractivity contribution in [1.82, 2.24) is 0 Å². The van der Waals surface area contributed by atoms with Gasteiger partial charge in [-0.05, 0) is 43.3 Å². The molecule has 0 atom stereocenters. The van der Waals surface area contributed by atoms with Crippen molar-refractivity contribution in [2.24, 2.45) is 0 Å². The van der Waals surface area contributed by atoms with Gasteiger partial charge in [-0.25, -0.2) is 0 Å². The summed E-state index contributed by atoms with van der Waals surface area (Å²) in [5, 5.41) is 6.98. The SMILES string of the molecule is Cc1ccc(N)cc1.c1ccc(Nc2c3ccc-3c2Nc2ccccc2)cc1. The van der Waals surface area contributed by atoms with E-state index in [9.17, 15) is 0 Å². The van der Waals surface area contributed by atoms with Crippen LogP contribution in [-0.2, 0) is 0 Å². The van der Waals surface area contributed by atoms with Gasteiger partial charge in [0.2, 0.25) is 0 Å². The summed E-state index contributed by atoms with van der Waals surface area (Å²) in [6.45, 7) is 2.04. The van der Waals surface area contributed by atoms with Crippen molar-refractivity contribution in [2.45, 2.75) is 6.92 Å². The summed E-state index contributed by atoms with van der Waals surface area (Å²) in [4.78, 5) is 0. The molecular formula is C25H23N3. The third-order valence-corrected chi connectivity index (χ3v) is 4.66. The Hall–Kier alpha value is -3.72. The van der Waals surface area contributed by atoms with Crippen LogP contribution in [-0.4, -0.2) is 0 Å². The number of nitrogens with one attached hydrogen (secondary N) is 2. The molecule has 3 aromatic rings. The molecule has 0 fully saturated rings. The number of fused-ring (bicyclic) bond motifs is 1. The second-order valence-corrected chi connectivity index (χ2v) is 6.80. The number of hydrogen-bond acceptors (Lipinski definition) is 3. The molecule has 3 heteroatoms. The molecule has 0 saturated heterocycles. The predicted molar refractivity (Wildman–Crippen MR) is 120 cm³/mol. The quantitative estimate of drug-likeness (QED) is 0.309. The molecule has 0 aromatic heterocycles. The smallest absolute Gasteiger partial charge is 0.0710 e. The molecule has 2 aliphatic carbocycles. The van der Waals surface area contributed by atoms with E-state index in [1.54, 1.807) is 0 Å². The monoisotopic (exact) mass is 365 g/mol. The summed E-state index contributed by atoms with van der Waals surface area (Å²) in [6.07, 6.45) is 0. The van der Waals surface area contributed by atoms with Crippen LogP contribution in [0.3, 0.4) is 0 Å². The lowest BCUT2D eigenvalue weighted by molar-refractivity contribution is 1.44. The van der Waals surface area contributed by atoms with Crippen molar-refractivity contribution >= 4 is 28.4 Å². The number of hydrogen-bond donors (Lipinski definition) is 3. The average Bonchev–Trinajstić information content (AvgIpc) is 2.71. The van der Waals surface area contributed by atoms with Crippen LogP contribution in [0.25, 0.3) is 11.1 Å². The highest BCUT2D eigenvalue weighted by Crippen LogP contribution is 2.53. The van der Waals surface area contributed by atoms with E-state index in [1.165, 1.54) is 28.1 Å². The van der Waals surface area contributed by atoms with Gasteiger partial charge in [-0.15, -0.1) is 0 Å². The topological polar surface area (TPSA) is 50.1 Å². The highest BCUT2D eigenvalue weighted by Gasteiger charge is 2.26. The zero-order chi connectivity index (χ0) is 19.3. The van der Waals surface area contributed by atoms with Crippen molar-refractivity contribution in [3.63, 3.8) is 0 Å². The second kappa shape index (κ2) is 7.89. The Labute approximate surface area is 165 Å². The number of para-hydroxylation sites is 2. The fraction of sp³-hybridized carbons (Fsp3) is 0.0400. The van der Waals surface area contributed by atoms with E-state index in [2.05, 4.69) is 47.0 Å². The summed E-state index contributed by atoms with van der Waals surface area (Å²) in [7, 11) is 0. The van der Waals surface area contributed by atoms with Gasteiger partial charge in [0.1, 0.15) is 0 Å². The van der Waals surface area contributed by atoms with E-state index in [0.29, 0.717) is 0 Å². The van der Waals surface area contributed by atoms with Crippen molar-refractivity contribution < 1.29 is 0 Å². The minimum absolute atomic E-state index is 0.829. The zero-order valence-corrected chi connectivity index (χ0v) is 15.8. The van der Waals surface area contributed by atoms with E-state index in [4.69, 9.17) is 5.73 Å². The van der Waals surface area contributed by atoms with Gasteiger partial charge in [-0.1, -0.05) is 66.2 Å². The molecule has 5 rings (SSSR count). The van der Waals surface area contributed by atoms with E-state index < -0.39 is 0 Å². The summed E-state index contributed by atoms with van der Waals surface area (Å²) in [5.41, 5.74) is 14.7. The van der Waals surface area contributed by atoms with Crippen LogP contribution in [0, 0.1) is 6.92 Å². The Morgan fingerprint density at radius 3 is 1.32 bits per heavy atom. The number of anilines is 5. The molecule has 28 heavy (non-hydrogen) atoms. The number of nitrogens with two attached hydrogens (primary N) is 1. The van der Waals surface area contributed by atoms with Crippen LogP contribution < -0.4 is 16.4 Å². The van der Waals surface area contributed by atoms with Crippen LogP contribution in [0.1, 0.15) is 5.56 Å². The molecule has 0 saturated carbocycles. The Morgan fingerprint density at radius 2 is 0.964 bits per heavy atom. The molecule has 0 unspecified atom stereocenters. The molecule has 0 amide bonds. The van der Waals surface area contributed by atoms with Gasteiger partial charge in [0.05, 0.1) is 11.4 Å². The molecule has 4 N–H and O–H groups in total. The largest absolute Gasteiger partial charge is 0.399 e. The maximum Gasteiger partial charge on any atom is 0.0710 e. The van der Waals surface area contributed by atoms with E-state index in [-0.39, 0.29) is 0 Å². The first kappa shape index (κ1) is 17.7. The lowest BCUT2D eigenvalue weighted by atomic mass is 9.87. The fourth-order valence-corrected chi connectivity index (χ4v) is 3.05. The van der Waals surface area contributed by atoms with E-state index >= 15 is 0 Å². The standard InChI is InChI=1S/C18H14N2.C7H9N/c1-3-7-13(8-4-1)19-17-15-11-12-16(15)18(17)20-14-9-5-2-6-10-14;1-6-2-4-7(8)5-3-6/h1-12,19-20H;2-5H,8H2,1H3. The van der Waals surface area contributed by atoms with Crippen molar-refractivity contribution in [3.8, 4) is 11.1 Å². The van der Waals surface area contributed by atoms with Gasteiger partial charge in [0.15, 0.2) is 0 Å². The second-order valence-electron chi connectivity index (χ2n) is 6.80. The van der Waals surface area contributed by atoms with Crippen LogP contribution in [0.5, 0.6) is 0 Å². The Balaban J connectivity index is 0.000000203. The molecule has 0 heterocycles. The highest BCUT2D eigenvalue weighted by atomic mass is 15.0. The van der Waals surface area contributed by atoms with E-state index in [0.717, 1.165) is 17.1 Å². The minimum Gasteiger partial charge on any atom is -0.399 e. The average molecular weight is 365 g/mol. The maximum atomic E-state index is 5.43. The Morgan fingerprint density at radius 1 is 0.536 bits per heavy atom. The number of benzene rings is 4. The van der Waals surface area contributed by atoms with Crippen molar-refractivity contribution in [2.75, 3.05) is 16.4 Å². The van der Waals surface area contributed by atoms with Crippen molar-refractivity contribution in [3.05, 3.63) is 103 Å². The van der Waals surface area contributed by atoms with Crippen molar-refractivity contribution in [1.29, 1.82) is 0 Å². The van der Waals surface area contributed by atoms with Gasteiger partial charge < -0.3 is 16.4 Å². The summed E-state index contributed by atoms with van der Waals surface area (Å²) >= 11 is 0.